The van der Waals surface area contributed by atoms with Crippen LogP contribution in [0.1, 0.15) is 15.9 Å². The number of carbonyl (C=O) groups is 1. The summed E-state index contributed by atoms with van der Waals surface area (Å²) < 4.78 is 20.3. The molecule has 0 aliphatic carbocycles. The number of hydrogen-bond donors (Lipinski definition) is 0. The van der Waals surface area contributed by atoms with Gasteiger partial charge in [0, 0.05) is 31.7 Å². The Kier molecular flexibility index (Phi) is 5.66. The summed E-state index contributed by atoms with van der Waals surface area (Å²) in [6.45, 7) is 6.31. The number of nitrogens with zero attached hydrogens (tertiary/aromatic N) is 3. The van der Waals surface area contributed by atoms with Gasteiger partial charge < -0.3 is 4.74 Å². The lowest BCUT2D eigenvalue weighted by molar-refractivity contribution is 0.0391. The van der Waals surface area contributed by atoms with Gasteiger partial charge in [-0.2, -0.15) is 0 Å². The molecule has 1 amide bonds. The van der Waals surface area contributed by atoms with E-state index in [1.54, 1.807) is 11.0 Å². The van der Waals surface area contributed by atoms with Crippen LogP contribution in [0.4, 0.5) is 9.52 Å². The van der Waals surface area contributed by atoms with Gasteiger partial charge >= 0.3 is 0 Å². The van der Waals surface area contributed by atoms with Crippen LogP contribution in [0, 0.1) is 12.7 Å². The normalized spacial score (nSPS) is 15.1. The maximum Gasteiger partial charge on any atom is 0.260 e. The molecule has 5 nitrogen and oxygen atoms in total. The van der Waals surface area contributed by atoms with Crippen LogP contribution < -0.4 is 4.90 Å². The van der Waals surface area contributed by atoms with Crippen molar-refractivity contribution < 1.29 is 13.9 Å². The van der Waals surface area contributed by atoms with Crippen LogP contribution in [-0.4, -0.2) is 55.2 Å². The van der Waals surface area contributed by atoms with Gasteiger partial charge in [-0.1, -0.05) is 35.1 Å². The second kappa shape index (κ2) is 8.34. The van der Waals surface area contributed by atoms with Crippen LogP contribution >= 0.6 is 11.3 Å². The Morgan fingerprint density at radius 1 is 1.21 bits per heavy atom. The Morgan fingerprint density at radius 2 is 1.96 bits per heavy atom. The van der Waals surface area contributed by atoms with Gasteiger partial charge in [0.1, 0.15) is 11.3 Å². The number of hydrogen-bond acceptors (Lipinski definition) is 5. The van der Waals surface area contributed by atoms with E-state index in [0.29, 0.717) is 36.0 Å². The van der Waals surface area contributed by atoms with Crippen molar-refractivity contribution in [2.45, 2.75) is 6.92 Å². The minimum absolute atomic E-state index is 0.118. The molecular formula is C21H22FN3O2S. The number of morpholine rings is 1. The van der Waals surface area contributed by atoms with Gasteiger partial charge in [-0.15, -0.1) is 0 Å². The SMILES string of the molecule is Cc1ccc(C(=O)N(CCN2CCOCC2)c2nc3c(F)cccc3s2)cc1. The summed E-state index contributed by atoms with van der Waals surface area (Å²) in [5.41, 5.74) is 2.02. The highest BCUT2D eigenvalue weighted by Crippen LogP contribution is 2.31. The highest BCUT2D eigenvalue weighted by molar-refractivity contribution is 7.22. The number of aromatic nitrogens is 1. The van der Waals surface area contributed by atoms with Crippen molar-refractivity contribution >= 4 is 32.6 Å². The average Bonchev–Trinajstić information content (AvgIpc) is 3.15. The van der Waals surface area contributed by atoms with Crippen molar-refractivity contribution in [2.24, 2.45) is 0 Å². The van der Waals surface area contributed by atoms with E-state index < -0.39 is 0 Å². The number of rotatable bonds is 5. The van der Waals surface area contributed by atoms with Crippen molar-refractivity contribution in [1.29, 1.82) is 0 Å². The van der Waals surface area contributed by atoms with Crippen LogP contribution in [0.15, 0.2) is 42.5 Å². The van der Waals surface area contributed by atoms with Crippen LogP contribution in [0.2, 0.25) is 0 Å². The maximum absolute atomic E-state index is 14.1. The van der Waals surface area contributed by atoms with Gasteiger partial charge in [-0.25, -0.2) is 9.37 Å². The summed E-state index contributed by atoms with van der Waals surface area (Å²) in [4.78, 5) is 21.6. The lowest BCUT2D eigenvalue weighted by Crippen LogP contribution is -2.43. The van der Waals surface area contributed by atoms with Gasteiger partial charge in [0.05, 0.1) is 17.9 Å². The zero-order valence-corrected chi connectivity index (χ0v) is 16.5. The molecule has 1 fully saturated rings. The smallest absolute Gasteiger partial charge is 0.260 e. The number of aryl methyl sites for hydroxylation is 1. The molecule has 28 heavy (non-hydrogen) atoms. The van der Waals surface area contributed by atoms with Gasteiger partial charge in [-0.05, 0) is 31.2 Å². The molecule has 0 radical (unpaired) electrons. The fourth-order valence-electron chi connectivity index (χ4n) is 3.22. The molecule has 0 N–H and O–H groups in total. The second-order valence-corrected chi connectivity index (χ2v) is 7.87. The molecule has 1 aliphatic rings. The van der Waals surface area contributed by atoms with Crippen molar-refractivity contribution in [2.75, 3.05) is 44.3 Å². The first kappa shape index (κ1) is 19.0. The summed E-state index contributed by atoms with van der Waals surface area (Å²) in [6.07, 6.45) is 0. The number of carbonyl (C=O) groups excluding carboxylic acids is 1. The molecule has 7 heteroatoms. The van der Waals surface area contributed by atoms with Gasteiger partial charge in [0.25, 0.3) is 5.91 Å². The Labute approximate surface area is 167 Å². The van der Waals surface area contributed by atoms with Crippen LogP contribution in [-0.2, 0) is 4.74 Å². The molecule has 3 aromatic rings. The molecule has 146 valence electrons. The molecule has 0 atom stereocenters. The van der Waals surface area contributed by atoms with E-state index >= 15 is 0 Å². The van der Waals surface area contributed by atoms with E-state index in [2.05, 4.69) is 9.88 Å². The number of benzene rings is 2. The molecule has 1 aromatic heterocycles. The molecule has 0 spiro atoms. The molecule has 0 saturated carbocycles. The minimum atomic E-state index is -0.365. The maximum atomic E-state index is 14.1. The summed E-state index contributed by atoms with van der Waals surface area (Å²) in [6, 6.07) is 12.4. The number of anilines is 1. The summed E-state index contributed by atoms with van der Waals surface area (Å²) in [7, 11) is 0. The molecule has 0 unspecified atom stereocenters. The summed E-state index contributed by atoms with van der Waals surface area (Å²) in [5.74, 6) is -0.483. The van der Waals surface area contributed by atoms with Crippen molar-refractivity contribution in [3.63, 3.8) is 0 Å². The zero-order chi connectivity index (χ0) is 19.5. The van der Waals surface area contributed by atoms with E-state index in [1.165, 1.54) is 17.4 Å². The molecule has 1 saturated heterocycles. The second-order valence-electron chi connectivity index (χ2n) is 6.86. The van der Waals surface area contributed by atoms with E-state index in [-0.39, 0.29) is 11.7 Å². The molecular weight excluding hydrogens is 377 g/mol. The predicted octanol–water partition coefficient (Wildman–Crippen LogP) is 3.72. The van der Waals surface area contributed by atoms with Crippen molar-refractivity contribution in [1.82, 2.24) is 9.88 Å². The topological polar surface area (TPSA) is 45.7 Å². The first-order valence-corrected chi connectivity index (χ1v) is 10.2. The molecule has 0 bridgehead atoms. The van der Waals surface area contributed by atoms with Gasteiger partial charge in [0.2, 0.25) is 0 Å². The standard InChI is InChI=1S/C21H22FN3O2S/c1-15-5-7-16(8-6-15)20(26)25(10-9-24-11-13-27-14-12-24)21-23-19-17(22)3-2-4-18(19)28-21/h2-8H,9-14H2,1H3. The molecule has 4 rings (SSSR count). The van der Waals surface area contributed by atoms with E-state index in [9.17, 15) is 9.18 Å². The lowest BCUT2D eigenvalue weighted by Gasteiger charge is -2.29. The zero-order valence-electron chi connectivity index (χ0n) is 15.7. The largest absolute Gasteiger partial charge is 0.379 e. The highest BCUT2D eigenvalue weighted by Gasteiger charge is 2.23. The summed E-state index contributed by atoms with van der Waals surface area (Å²) >= 11 is 1.34. The third-order valence-electron chi connectivity index (χ3n) is 4.88. The first-order chi connectivity index (χ1) is 13.6. The predicted molar refractivity (Wildman–Crippen MR) is 110 cm³/mol. The fourth-order valence-corrected chi connectivity index (χ4v) is 4.23. The lowest BCUT2D eigenvalue weighted by atomic mass is 10.1. The minimum Gasteiger partial charge on any atom is -0.379 e. The number of thiazole rings is 1. The molecule has 2 heterocycles. The van der Waals surface area contributed by atoms with Crippen LogP contribution in [0.25, 0.3) is 10.2 Å². The molecule has 2 aromatic carbocycles. The van der Waals surface area contributed by atoms with E-state index in [0.717, 1.165) is 29.9 Å². The van der Waals surface area contributed by atoms with Gasteiger partial charge in [0.15, 0.2) is 5.13 Å². The van der Waals surface area contributed by atoms with Gasteiger partial charge in [-0.3, -0.25) is 14.6 Å². The van der Waals surface area contributed by atoms with Crippen molar-refractivity contribution in [3.8, 4) is 0 Å². The summed E-state index contributed by atoms with van der Waals surface area (Å²) in [5, 5.41) is 0.527. The van der Waals surface area contributed by atoms with Crippen molar-refractivity contribution in [3.05, 3.63) is 59.4 Å². The number of amides is 1. The number of fused-ring (bicyclic) bond motifs is 1. The Bertz CT molecular complexity index is 967. The van der Waals surface area contributed by atoms with E-state index in [4.69, 9.17) is 4.74 Å². The fraction of sp³-hybridized carbons (Fsp3) is 0.333. The van der Waals surface area contributed by atoms with Crippen LogP contribution in [0.3, 0.4) is 0 Å². The first-order valence-electron chi connectivity index (χ1n) is 9.35. The number of ether oxygens (including phenoxy) is 1. The Morgan fingerprint density at radius 3 is 2.68 bits per heavy atom. The Hall–Kier alpha value is -2.35. The third kappa shape index (κ3) is 4.06. The third-order valence-corrected chi connectivity index (χ3v) is 5.92. The van der Waals surface area contributed by atoms with Crippen LogP contribution in [0.5, 0.6) is 0 Å². The molecule has 1 aliphatic heterocycles. The number of halogens is 1. The van der Waals surface area contributed by atoms with E-state index in [1.807, 2.05) is 37.3 Å². The quantitative estimate of drug-likeness (QED) is 0.656. The highest BCUT2D eigenvalue weighted by atomic mass is 32.1. The number of para-hydroxylation sites is 1. The monoisotopic (exact) mass is 399 g/mol. The Balaban J connectivity index is 1.64. The average molecular weight is 399 g/mol.